The van der Waals surface area contributed by atoms with Crippen molar-refractivity contribution < 1.29 is 4.74 Å². The first kappa shape index (κ1) is 11.0. The lowest BCUT2D eigenvalue weighted by Gasteiger charge is -2.03. The summed E-state index contributed by atoms with van der Waals surface area (Å²) in [5.41, 5.74) is 1.24. The Morgan fingerprint density at radius 2 is 2.06 bits per heavy atom. The molecule has 0 fully saturated rings. The Balaban J connectivity index is 1.97. The van der Waals surface area contributed by atoms with E-state index in [1.165, 1.54) is 5.56 Å². The summed E-state index contributed by atoms with van der Waals surface area (Å²) in [6.07, 6.45) is 1.70. The molecular weight excluding hydrogens is 222 g/mol. The predicted molar refractivity (Wildman–Crippen MR) is 63.6 cm³/mol. The van der Waals surface area contributed by atoms with E-state index < -0.39 is 0 Å². The molecule has 0 aliphatic carbocycles. The van der Waals surface area contributed by atoms with Crippen molar-refractivity contribution in [3.8, 4) is 5.75 Å². The Morgan fingerprint density at radius 1 is 1.31 bits per heavy atom. The fourth-order valence-corrected chi connectivity index (χ4v) is 2.12. The number of hydrogen-bond acceptors (Lipinski definition) is 4. The maximum absolute atomic E-state index is 5.11. The van der Waals surface area contributed by atoms with Gasteiger partial charge in [0.05, 0.1) is 7.11 Å². The highest BCUT2D eigenvalue weighted by molar-refractivity contribution is 7.98. The van der Waals surface area contributed by atoms with Gasteiger partial charge in [-0.3, -0.25) is 0 Å². The second kappa shape index (κ2) is 5.03. The quantitative estimate of drug-likeness (QED) is 0.761. The molecule has 0 N–H and O–H groups in total. The lowest BCUT2D eigenvalue weighted by molar-refractivity contribution is 0.414. The number of hydrogen-bond donors (Lipinski definition) is 0. The van der Waals surface area contributed by atoms with E-state index in [-0.39, 0.29) is 0 Å². The zero-order chi connectivity index (χ0) is 11.4. The molecule has 0 spiro atoms. The SMILES string of the molecule is COc1ccc(CSc2nncn2C)cc1. The second-order valence-electron chi connectivity index (χ2n) is 3.36. The number of rotatable bonds is 4. The minimum Gasteiger partial charge on any atom is -0.497 e. The molecule has 0 atom stereocenters. The van der Waals surface area contributed by atoms with Gasteiger partial charge in [0.1, 0.15) is 12.1 Å². The van der Waals surface area contributed by atoms with Gasteiger partial charge >= 0.3 is 0 Å². The van der Waals surface area contributed by atoms with Gasteiger partial charge in [0.15, 0.2) is 5.16 Å². The van der Waals surface area contributed by atoms with Gasteiger partial charge in [0, 0.05) is 12.8 Å². The van der Waals surface area contributed by atoms with Crippen molar-refractivity contribution in [3.63, 3.8) is 0 Å². The summed E-state index contributed by atoms with van der Waals surface area (Å²) in [7, 11) is 3.61. The second-order valence-corrected chi connectivity index (χ2v) is 4.30. The minimum absolute atomic E-state index is 0.882. The summed E-state index contributed by atoms with van der Waals surface area (Å²) >= 11 is 1.67. The lowest BCUT2D eigenvalue weighted by atomic mass is 10.2. The van der Waals surface area contributed by atoms with Gasteiger partial charge in [-0.15, -0.1) is 10.2 Å². The van der Waals surface area contributed by atoms with Gasteiger partial charge in [-0.25, -0.2) is 0 Å². The van der Waals surface area contributed by atoms with E-state index in [1.807, 2.05) is 23.7 Å². The normalized spacial score (nSPS) is 10.4. The number of aryl methyl sites for hydroxylation is 1. The molecule has 1 heterocycles. The maximum atomic E-state index is 5.11. The number of aromatic nitrogens is 3. The summed E-state index contributed by atoms with van der Waals surface area (Å²) in [5, 5.41) is 8.78. The molecule has 0 unspecified atom stereocenters. The third kappa shape index (κ3) is 2.55. The van der Waals surface area contributed by atoms with Gasteiger partial charge in [-0.05, 0) is 17.7 Å². The van der Waals surface area contributed by atoms with Gasteiger partial charge in [-0.2, -0.15) is 0 Å². The monoisotopic (exact) mass is 235 g/mol. The zero-order valence-electron chi connectivity index (χ0n) is 9.25. The van der Waals surface area contributed by atoms with Crippen LogP contribution in [0, 0.1) is 0 Å². The molecule has 0 saturated carbocycles. The Labute approximate surface area is 98.6 Å². The molecule has 16 heavy (non-hydrogen) atoms. The van der Waals surface area contributed by atoms with Crippen molar-refractivity contribution >= 4 is 11.8 Å². The van der Waals surface area contributed by atoms with Crippen LogP contribution in [0.15, 0.2) is 35.7 Å². The summed E-state index contributed by atoms with van der Waals surface area (Å²) in [5.74, 6) is 1.77. The lowest BCUT2D eigenvalue weighted by Crippen LogP contribution is -1.90. The molecule has 1 aromatic carbocycles. The fraction of sp³-hybridized carbons (Fsp3) is 0.273. The number of nitrogens with zero attached hydrogens (tertiary/aromatic N) is 3. The molecule has 0 aliphatic rings. The molecular formula is C11H13N3OS. The zero-order valence-corrected chi connectivity index (χ0v) is 10.1. The smallest absolute Gasteiger partial charge is 0.191 e. The summed E-state index contributed by atoms with van der Waals surface area (Å²) < 4.78 is 7.02. The highest BCUT2D eigenvalue weighted by atomic mass is 32.2. The highest BCUT2D eigenvalue weighted by Gasteiger charge is 2.02. The molecule has 84 valence electrons. The topological polar surface area (TPSA) is 39.9 Å². The first-order valence-corrected chi connectivity index (χ1v) is 5.88. The average Bonchev–Trinajstić information content (AvgIpc) is 2.73. The molecule has 2 rings (SSSR count). The van der Waals surface area contributed by atoms with E-state index in [9.17, 15) is 0 Å². The summed E-state index contributed by atoms with van der Waals surface area (Å²) in [4.78, 5) is 0. The van der Waals surface area contributed by atoms with Crippen LogP contribution in [0.3, 0.4) is 0 Å². The Hall–Kier alpha value is -1.49. The molecule has 0 saturated heterocycles. The standard InChI is InChI=1S/C11H13N3OS/c1-14-8-12-13-11(14)16-7-9-3-5-10(15-2)6-4-9/h3-6,8H,7H2,1-2H3. The van der Waals surface area contributed by atoms with Crippen LogP contribution in [0.4, 0.5) is 0 Å². The summed E-state index contributed by atoms with van der Waals surface area (Å²) in [6, 6.07) is 8.05. The predicted octanol–water partition coefficient (Wildman–Crippen LogP) is 2.12. The van der Waals surface area contributed by atoms with E-state index in [0.29, 0.717) is 0 Å². The molecule has 0 radical (unpaired) electrons. The number of thioether (sulfide) groups is 1. The van der Waals surface area contributed by atoms with Crippen LogP contribution in [0.2, 0.25) is 0 Å². The number of ether oxygens (including phenoxy) is 1. The van der Waals surface area contributed by atoms with Crippen molar-refractivity contribution in [2.75, 3.05) is 7.11 Å². The van der Waals surface area contributed by atoms with Crippen LogP contribution in [-0.2, 0) is 12.8 Å². The molecule has 1 aromatic heterocycles. The average molecular weight is 235 g/mol. The van der Waals surface area contributed by atoms with E-state index in [4.69, 9.17) is 4.74 Å². The van der Waals surface area contributed by atoms with E-state index in [1.54, 1.807) is 25.2 Å². The van der Waals surface area contributed by atoms with Gasteiger partial charge < -0.3 is 9.30 Å². The minimum atomic E-state index is 0.882. The molecule has 4 nitrogen and oxygen atoms in total. The van der Waals surface area contributed by atoms with Crippen LogP contribution in [0.25, 0.3) is 0 Å². The number of benzene rings is 1. The van der Waals surface area contributed by atoms with Crippen molar-refractivity contribution in [3.05, 3.63) is 36.2 Å². The Morgan fingerprint density at radius 3 is 2.62 bits per heavy atom. The highest BCUT2D eigenvalue weighted by Crippen LogP contribution is 2.21. The van der Waals surface area contributed by atoms with Crippen LogP contribution in [-0.4, -0.2) is 21.9 Å². The van der Waals surface area contributed by atoms with E-state index in [2.05, 4.69) is 22.3 Å². The largest absolute Gasteiger partial charge is 0.497 e. The van der Waals surface area contributed by atoms with Crippen molar-refractivity contribution in [1.29, 1.82) is 0 Å². The fourth-order valence-electron chi connectivity index (χ4n) is 1.27. The van der Waals surface area contributed by atoms with Gasteiger partial charge in [0.25, 0.3) is 0 Å². The van der Waals surface area contributed by atoms with Gasteiger partial charge in [0.2, 0.25) is 0 Å². The molecule has 2 aromatic rings. The van der Waals surface area contributed by atoms with Gasteiger partial charge in [-0.1, -0.05) is 23.9 Å². The Kier molecular flexibility index (Phi) is 3.46. The third-order valence-electron chi connectivity index (χ3n) is 2.20. The van der Waals surface area contributed by atoms with Crippen LogP contribution in [0.5, 0.6) is 5.75 Å². The molecule has 5 heteroatoms. The van der Waals surface area contributed by atoms with Crippen molar-refractivity contribution in [1.82, 2.24) is 14.8 Å². The molecule has 0 bridgehead atoms. The van der Waals surface area contributed by atoms with Crippen molar-refractivity contribution in [2.24, 2.45) is 7.05 Å². The molecule has 0 aliphatic heterocycles. The third-order valence-corrected chi connectivity index (χ3v) is 3.30. The van der Waals surface area contributed by atoms with Crippen LogP contribution in [0.1, 0.15) is 5.56 Å². The van der Waals surface area contributed by atoms with Crippen LogP contribution >= 0.6 is 11.8 Å². The summed E-state index contributed by atoms with van der Waals surface area (Å²) in [6.45, 7) is 0. The number of methoxy groups -OCH3 is 1. The van der Waals surface area contributed by atoms with E-state index >= 15 is 0 Å². The molecule has 0 amide bonds. The Bertz CT molecular complexity index is 453. The first-order chi connectivity index (χ1) is 7.79. The van der Waals surface area contributed by atoms with Crippen LogP contribution < -0.4 is 4.74 Å². The van der Waals surface area contributed by atoms with E-state index in [0.717, 1.165) is 16.7 Å². The first-order valence-electron chi connectivity index (χ1n) is 4.89. The van der Waals surface area contributed by atoms with Crippen molar-refractivity contribution in [2.45, 2.75) is 10.9 Å². The maximum Gasteiger partial charge on any atom is 0.191 e.